The van der Waals surface area contributed by atoms with E-state index in [-0.39, 0.29) is 36.5 Å². The fraction of sp³-hybridized carbons (Fsp3) is 0.400. The number of rotatable bonds is 18. The Morgan fingerprint density at radius 1 is 0.927 bits per heavy atom. The van der Waals surface area contributed by atoms with E-state index < -0.39 is 6.04 Å². The predicted octanol–water partition coefficient (Wildman–Crippen LogP) is 5.62. The summed E-state index contributed by atoms with van der Waals surface area (Å²) in [6.07, 6.45) is 2.69. The SMILES string of the molecule is COc1ccc2c(c1)C(c1ccc(Cl)cc1)=N[C@@H](CC(=O)CCCOCCOCCNC(=O)COc1ccc3c(c1)CCCN3C(=O)CCl)c1nnc(C)n1-2. The molecule has 2 aliphatic rings. The van der Waals surface area contributed by atoms with Gasteiger partial charge in [0.1, 0.15) is 35.0 Å². The summed E-state index contributed by atoms with van der Waals surface area (Å²) in [5.41, 5.74) is 5.10. The number of alkyl halides is 1. The Hall–Kier alpha value is -4.82. The van der Waals surface area contributed by atoms with Crippen molar-refractivity contribution in [3.63, 3.8) is 0 Å². The first-order chi connectivity index (χ1) is 26.7. The van der Waals surface area contributed by atoms with E-state index in [0.717, 1.165) is 40.9 Å². The summed E-state index contributed by atoms with van der Waals surface area (Å²) < 4.78 is 24.4. The smallest absolute Gasteiger partial charge is 0.258 e. The van der Waals surface area contributed by atoms with Gasteiger partial charge in [-0.3, -0.25) is 23.9 Å². The maximum Gasteiger partial charge on any atom is 0.258 e. The maximum absolute atomic E-state index is 13.3. The van der Waals surface area contributed by atoms with Crippen molar-refractivity contribution < 1.29 is 33.3 Å². The molecule has 55 heavy (non-hydrogen) atoms. The lowest BCUT2D eigenvalue weighted by atomic mass is 9.99. The largest absolute Gasteiger partial charge is 0.497 e. The molecule has 0 bridgehead atoms. The molecule has 15 heteroatoms. The molecular weight excluding hydrogens is 747 g/mol. The van der Waals surface area contributed by atoms with Gasteiger partial charge in [0.05, 0.1) is 38.3 Å². The molecule has 4 aromatic rings. The molecule has 0 aliphatic carbocycles. The van der Waals surface area contributed by atoms with Crippen LogP contribution in [0.1, 0.15) is 60.1 Å². The van der Waals surface area contributed by atoms with Crippen LogP contribution >= 0.6 is 23.2 Å². The summed E-state index contributed by atoms with van der Waals surface area (Å²) in [5, 5.41) is 12.2. The van der Waals surface area contributed by atoms with Crippen molar-refractivity contribution in [1.29, 1.82) is 0 Å². The van der Waals surface area contributed by atoms with E-state index in [2.05, 4.69) is 15.5 Å². The van der Waals surface area contributed by atoms with Crippen molar-refractivity contribution in [3.05, 3.63) is 94.0 Å². The maximum atomic E-state index is 13.3. The molecule has 3 heterocycles. The zero-order valence-corrected chi connectivity index (χ0v) is 32.4. The number of nitrogens with one attached hydrogen (secondary N) is 1. The molecule has 3 aromatic carbocycles. The number of anilines is 1. The van der Waals surface area contributed by atoms with Crippen LogP contribution in [0.15, 0.2) is 65.7 Å². The number of amides is 2. The Kier molecular flexibility index (Phi) is 13.9. The number of hydrogen-bond donors (Lipinski definition) is 1. The number of methoxy groups -OCH3 is 1. The molecule has 1 N–H and O–H groups in total. The van der Waals surface area contributed by atoms with Gasteiger partial charge in [0, 0.05) is 54.4 Å². The Morgan fingerprint density at radius 2 is 1.69 bits per heavy atom. The summed E-state index contributed by atoms with van der Waals surface area (Å²) in [6.45, 7) is 4.14. The number of ether oxygens (including phenoxy) is 4. The Balaban J connectivity index is 0.901. The van der Waals surface area contributed by atoms with Crippen LogP contribution in [0.5, 0.6) is 11.5 Å². The van der Waals surface area contributed by atoms with Gasteiger partial charge in [-0.1, -0.05) is 23.7 Å². The minimum atomic E-state index is -0.552. The first kappa shape index (κ1) is 39.9. The van der Waals surface area contributed by atoms with E-state index in [1.165, 1.54) is 0 Å². The highest BCUT2D eigenvalue weighted by molar-refractivity contribution is 6.31. The highest BCUT2D eigenvalue weighted by Crippen LogP contribution is 2.35. The van der Waals surface area contributed by atoms with Crippen LogP contribution in [0.4, 0.5) is 5.69 Å². The fourth-order valence-corrected chi connectivity index (χ4v) is 6.92. The van der Waals surface area contributed by atoms with Gasteiger partial charge in [-0.05, 0) is 80.3 Å². The number of Topliss-reactive ketones (excluding diaryl/α,β-unsaturated/α-hetero) is 1. The molecule has 6 rings (SSSR count). The monoisotopic (exact) mass is 790 g/mol. The van der Waals surface area contributed by atoms with Crippen LogP contribution in [-0.2, 0) is 30.3 Å². The molecule has 290 valence electrons. The standard InChI is InChI=1S/C40H44Cl2N6O7/c1-26-45-46-40-34(44-39(27-7-9-29(42)10-8-27)33-23-31(52-2)11-14-36(33)48(26)40)22-30(49)6-4-17-53-19-20-54-18-15-43-37(50)25-55-32-12-13-35-28(21-32)5-3-16-47(35)38(51)24-41/h7-14,21,23,34H,3-6,15-20,22,24-25H2,1-2H3,(H,43,50)/t34-/m0/s1. The summed E-state index contributed by atoms with van der Waals surface area (Å²) in [5.74, 6) is 2.12. The van der Waals surface area contributed by atoms with Gasteiger partial charge in [-0.25, -0.2) is 0 Å². The first-order valence-corrected chi connectivity index (χ1v) is 19.2. The van der Waals surface area contributed by atoms with Crippen molar-refractivity contribution in [2.45, 2.75) is 45.1 Å². The number of carbonyl (C=O) groups is 3. The van der Waals surface area contributed by atoms with Crippen LogP contribution in [0.25, 0.3) is 5.69 Å². The first-order valence-electron chi connectivity index (χ1n) is 18.3. The quantitative estimate of drug-likeness (QED) is 0.100. The average molecular weight is 792 g/mol. The van der Waals surface area contributed by atoms with Crippen molar-refractivity contribution in [3.8, 4) is 17.2 Å². The minimum absolute atomic E-state index is 0.0385. The number of aryl methyl sites for hydroxylation is 2. The topological polar surface area (TPSA) is 146 Å². The van der Waals surface area contributed by atoms with Gasteiger partial charge in [-0.15, -0.1) is 21.8 Å². The second-order valence-corrected chi connectivity index (χ2v) is 13.8. The highest BCUT2D eigenvalue weighted by atomic mass is 35.5. The fourth-order valence-electron chi connectivity index (χ4n) is 6.64. The van der Waals surface area contributed by atoms with E-state index in [9.17, 15) is 14.4 Å². The molecule has 1 atom stereocenters. The molecule has 0 saturated heterocycles. The van der Waals surface area contributed by atoms with Gasteiger partial charge < -0.3 is 29.2 Å². The minimum Gasteiger partial charge on any atom is -0.497 e. The molecule has 0 unspecified atom stereocenters. The number of aromatic nitrogens is 3. The van der Waals surface area contributed by atoms with Crippen LogP contribution in [0.3, 0.4) is 0 Å². The van der Waals surface area contributed by atoms with Crippen molar-refractivity contribution in [1.82, 2.24) is 20.1 Å². The second kappa shape index (κ2) is 19.2. The van der Waals surface area contributed by atoms with E-state index >= 15 is 0 Å². The third kappa shape index (κ3) is 10.1. The summed E-state index contributed by atoms with van der Waals surface area (Å²) in [7, 11) is 1.62. The lowest BCUT2D eigenvalue weighted by Crippen LogP contribution is -2.36. The summed E-state index contributed by atoms with van der Waals surface area (Å²) in [6, 6.07) is 18.1. The van der Waals surface area contributed by atoms with Crippen LogP contribution in [0.2, 0.25) is 5.02 Å². The molecule has 0 spiro atoms. The number of halogens is 2. The number of aliphatic imine (C=N–C) groups is 1. The Morgan fingerprint density at radius 3 is 2.47 bits per heavy atom. The number of ketones is 1. The van der Waals surface area contributed by atoms with Crippen molar-refractivity contribution in [2.75, 3.05) is 64.0 Å². The van der Waals surface area contributed by atoms with E-state index in [1.54, 1.807) is 18.1 Å². The van der Waals surface area contributed by atoms with Crippen LogP contribution in [0, 0.1) is 6.92 Å². The number of nitrogens with zero attached hydrogens (tertiary/aromatic N) is 5. The van der Waals surface area contributed by atoms with Gasteiger partial charge in [0.25, 0.3) is 5.91 Å². The van der Waals surface area contributed by atoms with Crippen LogP contribution in [-0.4, -0.2) is 97.2 Å². The van der Waals surface area contributed by atoms with E-state index in [1.807, 2.05) is 66.1 Å². The number of benzene rings is 3. The molecule has 13 nitrogen and oxygen atoms in total. The zero-order valence-electron chi connectivity index (χ0n) is 30.9. The lowest BCUT2D eigenvalue weighted by molar-refractivity contribution is -0.123. The second-order valence-electron chi connectivity index (χ2n) is 13.1. The van der Waals surface area contributed by atoms with Crippen molar-refractivity contribution >= 4 is 52.2 Å². The van der Waals surface area contributed by atoms with Crippen molar-refractivity contribution in [2.24, 2.45) is 4.99 Å². The number of fused-ring (bicyclic) bond motifs is 4. The van der Waals surface area contributed by atoms with E-state index in [0.29, 0.717) is 86.2 Å². The predicted molar refractivity (Wildman–Crippen MR) is 209 cm³/mol. The number of carbonyl (C=O) groups excluding carboxylic acids is 3. The van der Waals surface area contributed by atoms with Gasteiger partial charge in [-0.2, -0.15) is 0 Å². The lowest BCUT2D eigenvalue weighted by Gasteiger charge is -2.29. The number of hydrogen-bond acceptors (Lipinski definition) is 10. The molecule has 2 amide bonds. The van der Waals surface area contributed by atoms with Gasteiger partial charge in [0.15, 0.2) is 12.4 Å². The molecule has 2 aliphatic heterocycles. The van der Waals surface area contributed by atoms with Gasteiger partial charge in [0.2, 0.25) is 5.91 Å². The molecule has 0 saturated carbocycles. The third-order valence-electron chi connectivity index (χ3n) is 9.31. The van der Waals surface area contributed by atoms with E-state index in [4.69, 9.17) is 47.1 Å². The summed E-state index contributed by atoms with van der Waals surface area (Å²) >= 11 is 12.0. The Bertz CT molecular complexity index is 2020. The highest BCUT2D eigenvalue weighted by Gasteiger charge is 2.30. The molecule has 1 aromatic heterocycles. The van der Waals surface area contributed by atoms with Crippen LogP contribution < -0.4 is 19.7 Å². The normalized spacial score (nSPS) is 14.6. The molecular formula is C40H44Cl2N6O7. The zero-order chi connectivity index (χ0) is 38.7. The molecule has 0 fully saturated rings. The Labute approximate surface area is 329 Å². The molecule has 0 radical (unpaired) electrons. The average Bonchev–Trinajstić information content (AvgIpc) is 3.53. The summed E-state index contributed by atoms with van der Waals surface area (Å²) in [4.78, 5) is 44.5. The third-order valence-corrected chi connectivity index (χ3v) is 9.79. The van der Waals surface area contributed by atoms with Gasteiger partial charge >= 0.3 is 0 Å².